The molecule has 0 atom stereocenters. The first kappa shape index (κ1) is 12.2. The van der Waals surface area contributed by atoms with Crippen molar-refractivity contribution in [3.8, 4) is 5.75 Å². The lowest BCUT2D eigenvalue weighted by Gasteiger charge is -2.10. The van der Waals surface area contributed by atoms with E-state index in [1.165, 1.54) is 0 Å². The van der Waals surface area contributed by atoms with E-state index < -0.39 is 0 Å². The maximum Gasteiger partial charge on any atom is 0.195 e. The summed E-state index contributed by atoms with van der Waals surface area (Å²) in [5.74, 6) is 0.813. The lowest BCUT2D eigenvalue weighted by atomic mass is 10.2. The van der Waals surface area contributed by atoms with Gasteiger partial charge in [-0.1, -0.05) is 12.1 Å². The van der Waals surface area contributed by atoms with E-state index in [0.29, 0.717) is 0 Å². The first-order valence-corrected chi connectivity index (χ1v) is 7.09. The largest absolute Gasteiger partial charge is 0.491 e. The Morgan fingerprint density at radius 1 is 1.00 bits per heavy atom. The van der Waals surface area contributed by atoms with E-state index in [0.717, 1.165) is 25.9 Å². The van der Waals surface area contributed by atoms with Gasteiger partial charge in [0.15, 0.2) is 5.43 Å². The van der Waals surface area contributed by atoms with Crippen LogP contribution in [-0.2, 0) is 0 Å². The van der Waals surface area contributed by atoms with Gasteiger partial charge in [0.25, 0.3) is 0 Å². The standard InChI is InChI=1S/C16H14O2S/c1-10(2)18-11-7-8-13-15(9-11)19-14-6-4-3-5-12(14)16(13)17/h3-10H,1-2H3. The summed E-state index contributed by atoms with van der Waals surface area (Å²) in [6.45, 7) is 3.99. The molecule has 0 radical (unpaired) electrons. The Kier molecular flexibility index (Phi) is 2.99. The van der Waals surface area contributed by atoms with Crippen molar-refractivity contribution in [2.45, 2.75) is 20.0 Å². The summed E-state index contributed by atoms with van der Waals surface area (Å²) >= 11 is 1.63. The molecule has 0 N–H and O–H groups in total. The molecule has 1 heterocycles. The molecular formula is C16H14O2S. The Hall–Kier alpha value is -1.87. The van der Waals surface area contributed by atoms with Crippen LogP contribution in [0.4, 0.5) is 0 Å². The zero-order valence-corrected chi connectivity index (χ0v) is 11.7. The first-order valence-electron chi connectivity index (χ1n) is 6.27. The van der Waals surface area contributed by atoms with Crippen molar-refractivity contribution in [3.63, 3.8) is 0 Å². The predicted octanol–water partition coefficient (Wildman–Crippen LogP) is 4.20. The van der Waals surface area contributed by atoms with Gasteiger partial charge in [0.1, 0.15) is 5.75 Å². The van der Waals surface area contributed by atoms with Crippen LogP contribution < -0.4 is 10.2 Å². The fourth-order valence-electron chi connectivity index (χ4n) is 2.13. The van der Waals surface area contributed by atoms with Crippen LogP contribution in [0.2, 0.25) is 0 Å². The molecule has 19 heavy (non-hydrogen) atoms. The number of rotatable bonds is 2. The minimum absolute atomic E-state index is 0.0976. The lowest BCUT2D eigenvalue weighted by molar-refractivity contribution is 0.243. The number of ether oxygens (including phenoxy) is 1. The zero-order valence-electron chi connectivity index (χ0n) is 10.8. The molecule has 3 aromatic rings. The van der Waals surface area contributed by atoms with Gasteiger partial charge in [0.2, 0.25) is 0 Å². The highest BCUT2D eigenvalue weighted by Gasteiger charge is 2.07. The molecule has 2 nitrogen and oxygen atoms in total. The Bertz CT molecular complexity index is 803. The van der Waals surface area contributed by atoms with Gasteiger partial charge in [-0.15, -0.1) is 11.3 Å². The summed E-state index contributed by atoms with van der Waals surface area (Å²) in [6, 6.07) is 13.4. The lowest BCUT2D eigenvalue weighted by Crippen LogP contribution is -2.06. The molecule has 0 unspecified atom stereocenters. The zero-order chi connectivity index (χ0) is 13.4. The number of benzene rings is 2. The quantitative estimate of drug-likeness (QED) is 0.652. The molecule has 3 rings (SSSR count). The Balaban J connectivity index is 2.29. The third-order valence-electron chi connectivity index (χ3n) is 2.92. The second-order valence-corrected chi connectivity index (χ2v) is 5.84. The van der Waals surface area contributed by atoms with Gasteiger partial charge < -0.3 is 4.74 Å². The van der Waals surface area contributed by atoms with E-state index in [4.69, 9.17) is 4.74 Å². The number of fused-ring (bicyclic) bond motifs is 2. The summed E-state index contributed by atoms with van der Waals surface area (Å²) in [4.78, 5) is 12.4. The van der Waals surface area contributed by atoms with E-state index in [1.54, 1.807) is 11.3 Å². The minimum Gasteiger partial charge on any atom is -0.491 e. The second-order valence-electron chi connectivity index (χ2n) is 4.75. The third kappa shape index (κ3) is 2.22. The number of hydrogen-bond donors (Lipinski definition) is 0. The summed E-state index contributed by atoms with van der Waals surface area (Å²) < 4.78 is 7.67. The van der Waals surface area contributed by atoms with Gasteiger partial charge in [-0.3, -0.25) is 4.79 Å². The molecule has 2 aromatic carbocycles. The van der Waals surface area contributed by atoms with Crippen LogP contribution in [0, 0.1) is 0 Å². The van der Waals surface area contributed by atoms with E-state index in [9.17, 15) is 4.79 Å². The highest BCUT2D eigenvalue weighted by Crippen LogP contribution is 2.27. The molecule has 0 aliphatic rings. The molecule has 0 fully saturated rings. The molecule has 0 aliphatic carbocycles. The minimum atomic E-state index is 0.0976. The molecule has 0 bridgehead atoms. The highest BCUT2D eigenvalue weighted by molar-refractivity contribution is 7.24. The van der Waals surface area contributed by atoms with E-state index >= 15 is 0 Å². The SMILES string of the molecule is CC(C)Oc1ccc2c(=O)c3ccccc3sc2c1. The average molecular weight is 270 g/mol. The highest BCUT2D eigenvalue weighted by atomic mass is 32.1. The van der Waals surface area contributed by atoms with E-state index in [1.807, 2.05) is 56.3 Å². The van der Waals surface area contributed by atoms with Crippen molar-refractivity contribution in [1.82, 2.24) is 0 Å². The van der Waals surface area contributed by atoms with Gasteiger partial charge in [-0.2, -0.15) is 0 Å². The molecule has 0 saturated heterocycles. The van der Waals surface area contributed by atoms with Crippen LogP contribution >= 0.6 is 11.3 Å². The Morgan fingerprint density at radius 2 is 1.74 bits per heavy atom. The van der Waals surface area contributed by atoms with E-state index in [2.05, 4.69) is 0 Å². The summed E-state index contributed by atoms with van der Waals surface area (Å²) in [7, 11) is 0. The van der Waals surface area contributed by atoms with Gasteiger partial charge in [-0.05, 0) is 44.2 Å². The van der Waals surface area contributed by atoms with Crippen molar-refractivity contribution in [2.75, 3.05) is 0 Å². The van der Waals surface area contributed by atoms with Crippen LogP contribution in [0.15, 0.2) is 47.3 Å². The van der Waals surface area contributed by atoms with Crippen LogP contribution in [0.3, 0.4) is 0 Å². The summed E-state index contributed by atoms with van der Waals surface area (Å²) in [5, 5.41) is 1.55. The van der Waals surface area contributed by atoms with Gasteiger partial charge >= 0.3 is 0 Å². The fourth-order valence-corrected chi connectivity index (χ4v) is 3.23. The Labute approximate surface area is 115 Å². The topological polar surface area (TPSA) is 26.3 Å². The van der Waals surface area contributed by atoms with Crippen molar-refractivity contribution in [2.24, 2.45) is 0 Å². The molecule has 0 saturated carbocycles. The molecule has 1 aromatic heterocycles. The molecule has 0 spiro atoms. The monoisotopic (exact) mass is 270 g/mol. The van der Waals surface area contributed by atoms with Crippen molar-refractivity contribution in [3.05, 3.63) is 52.7 Å². The maximum absolute atomic E-state index is 12.4. The van der Waals surface area contributed by atoms with Crippen LogP contribution in [0.25, 0.3) is 20.2 Å². The van der Waals surface area contributed by atoms with Gasteiger partial charge in [0.05, 0.1) is 6.10 Å². The van der Waals surface area contributed by atoms with Crippen LogP contribution in [-0.4, -0.2) is 6.10 Å². The summed E-state index contributed by atoms with van der Waals surface area (Å²) in [5.41, 5.74) is 0.0976. The first-order chi connectivity index (χ1) is 9.15. The van der Waals surface area contributed by atoms with Gasteiger partial charge in [0, 0.05) is 20.2 Å². The Morgan fingerprint density at radius 3 is 2.53 bits per heavy atom. The molecular weight excluding hydrogens is 256 g/mol. The van der Waals surface area contributed by atoms with Gasteiger partial charge in [-0.25, -0.2) is 0 Å². The molecule has 0 aliphatic heterocycles. The van der Waals surface area contributed by atoms with Crippen molar-refractivity contribution < 1.29 is 4.74 Å². The van der Waals surface area contributed by atoms with Crippen LogP contribution in [0.1, 0.15) is 13.8 Å². The second kappa shape index (κ2) is 4.67. The molecule has 96 valence electrons. The average Bonchev–Trinajstić information content (AvgIpc) is 2.38. The van der Waals surface area contributed by atoms with E-state index in [-0.39, 0.29) is 11.5 Å². The predicted molar refractivity (Wildman–Crippen MR) is 81.4 cm³/mol. The maximum atomic E-state index is 12.4. The normalized spacial score (nSPS) is 11.3. The van der Waals surface area contributed by atoms with Crippen LogP contribution in [0.5, 0.6) is 5.75 Å². The molecule has 3 heteroatoms. The van der Waals surface area contributed by atoms with Crippen molar-refractivity contribution >= 4 is 31.5 Å². The smallest absolute Gasteiger partial charge is 0.195 e. The summed E-state index contributed by atoms with van der Waals surface area (Å²) in [6.07, 6.45) is 0.134. The fraction of sp³-hybridized carbons (Fsp3) is 0.188. The van der Waals surface area contributed by atoms with Crippen molar-refractivity contribution in [1.29, 1.82) is 0 Å². The molecule has 0 amide bonds. The third-order valence-corrected chi connectivity index (χ3v) is 4.05. The number of hydrogen-bond acceptors (Lipinski definition) is 3.